The zero-order valence-corrected chi connectivity index (χ0v) is 16.1. The van der Waals surface area contributed by atoms with Crippen LogP contribution < -0.4 is 0 Å². The highest BCUT2D eigenvalue weighted by molar-refractivity contribution is 5.66. The third kappa shape index (κ3) is 7.16. The van der Waals surface area contributed by atoms with Gasteiger partial charge in [0.2, 0.25) is 0 Å². The van der Waals surface area contributed by atoms with E-state index in [2.05, 4.69) is 45.9 Å². The molecule has 0 aliphatic heterocycles. The molecular formula is C22H32O2. The lowest BCUT2D eigenvalue weighted by Gasteiger charge is -2.32. The highest BCUT2D eigenvalue weighted by Crippen LogP contribution is 2.40. The minimum absolute atomic E-state index is 0.251. The smallest absolute Gasteiger partial charge is 0.302 e. The van der Waals surface area contributed by atoms with Crippen LogP contribution in [0.4, 0.5) is 0 Å². The van der Waals surface area contributed by atoms with Crippen LogP contribution in [0.25, 0.3) is 0 Å². The molecule has 0 saturated carbocycles. The number of carbonyl (C=O) groups excluding carboxylic acids is 1. The minimum Gasteiger partial charge on any atom is -0.462 e. The first-order valence-electron chi connectivity index (χ1n) is 8.76. The summed E-state index contributed by atoms with van der Waals surface area (Å²) >= 11 is 0. The summed E-state index contributed by atoms with van der Waals surface area (Å²) in [5.74, 6) is -0.251. The largest absolute Gasteiger partial charge is 0.462 e. The standard InChI is InChI=1S/C22H32O2/c1-17(9-7-10-18(2)14-16-24-20(4)23)12-13-21-19(3)11-8-15-22(21,5)6/h7,9-10,12-14H,8,11,15-16H2,1-6H3/b10-7+,13-12+,17-9-,18-14+. The summed E-state index contributed by atoms with van der Waals surface area (Å²) in [5.41, 5.74) is 5.60. The molecule has 0 fully saturated rings. The normalized spacial score (nSPS) is 19.4. The maximum absolute atomic E-state index is 10.7. The van der Waals surface area contributed by atoms with Gasteiger partial charge in [-0.15, -0.1) is 0 Å². The number of esters is 1. The fraction of sp³-hybridized carbons (Fsp3) is 0.500. The van der Waals surface area contributed by atoms with Crippen molar-refractivity contribution in [2.45, 2.75) is 60.8 Å². The van der Waals surface area contributed by atoms with Gasteiger partial charge in [0.15, 0.2) is 0 Å². The Morgan fingerprint density at radius 1 is 1.17 bits per heavy atom. The summed E-state index contributed by atoms with van der Waals surface area (Å²) in [7, 11) is 0. The second-order valence-corrected chi connectivity index (χ2v) is 7.29. The van der Waals surface area contributed by atoms with Crippen LogP contribution in [-0.4, -0.2) is 12.6 Å². The lowest BCUT2D eigenvalue weighted by Crippen LogP contribution is -2.19. The van der Waals surface area contributed by atoms with Crippen LogP contribution in [-0.2, 0) is 9.53 Å². The lowest BCUT2D eigenvalue weighted by molar-refractivity contribution is -0.139. The summed E-state index contributed by atoms with van der Waals surface area (Å²) in [6, 6.07) is 0. The average molecular weight is 328 g/mol. The van der Waals surface area contributed by atoms with Crippen molar-refractivity contribution in [1.29, 1.82) is 0 Å². The topological polar surface area (TPSA) is 26.3 Å². The zero-order valence-electron chi connectivity index (χ0n) is 16.1. The fourth-order valence-electron chi connectivity index (χ4n) is 2.99. The zero-order chi connectivity index (χ0) is 18.2. The van der Waals surface area contributed by atoms with E-state index in [0.717, 1.165) is 5.57 Å². The van der Waals surface area contributed by atoms with E-state index >= 15 is 0 Å². The molecule has 0 radical (unpaired) electrons. The van der Waals surface area contributed by atoms with E-state index in [1.54, 1.807) is 0 Å². The predicted molar refractivity (Wildman–Crippen MR) is 103 cm³/mol. The average Bonchev–Trinajstić information content (AvgIpc) is 2.45. The van der Waals surface area contributed by atoms with Crippen molar-refractivity contribution >= 4 is 5.97 Å². The van der Waals surface area contributed by atoms with Crippen molar-refractivity contribution in [3.05, 3.63) is 58.7 Å². The Balaban J connectivity index is 2.67. The molecule has 0 heterocycles. The first-order valence-corrected chi connectivity index (χ1v) is 8.76. The van der Waals surface area contributed by atoms with Crippen LogP contribution in [0.15, 0.2) is 58.7 Å². The monoisotopic (exact) mass is 328 g/mol. The van der Waals surface area contributed by atoms with Gasteiger partial charge in [0, 0.05) is 6.92 Å². The number of hydrogen-bond acceptors (Lipinski definition) is 2. The maximum atomic E-state index is 10.7. The summed E-state index contributed by atoms with van der Waals surface area (Å²) < 4.78 is 4.89. The highest BCUT2D eigenvalue weighted by Gasteiger charge is 2.26. The molecule has 0 atom stereocenters. The Hall–Kier alpha value is -1.83. The van der Waals surface area contributed by atoms with E-state index in [1.165, 1.54) is 42.9 Å². The van der Waals surface area contributed by atoms with Crippen molar-refractivity contribution in [1.82, 2.24) is 0 Å². The molecule has 0 aromatic rings. The molecular weight excluding hydrogens is 296 g/mol. The summed E-state index contributed by atoms with van der Waals surface area (Å²) in [4.78, 5) is 10.7. The van der Waals surface area contributed by atoms with Crippen LogP contribution in [0.5, 0.6) is 0 Å². The van der Waals surface area contributed by atoms with Crippen molar-refractivity contribution < 1.29 is 9.53 Å². The number of allylic oxidation sites excluding steroid dienone is 9. The Morgan fingerprint density at radius 3 is 2.50 bits per heavy atom. The second kappa shape index (κ2) is 9.46. The number of carbonyl (C=O) groups is 1. The summed E-state index contributed by atoms with van der Waals surface area (Å²) in [6.07, 6.45) is 16.3. The first-order chi connectivity index (χ1) is 11.2. The lowest BCUT2D eigenvalue weighted by atomic mass is 9.72. The molecule has 24 heavy (non-hydrogen) atoms. The first kappa shape index (κ1) is 20.2. The van der Waals surface area contributed by atoms with Crippen LogP contribution in [0.3, 0.4) is 0 Å². The van der Waals surface area contributed by atoms with Gasteiger partial charge < -0.3 is 4.74 Å². The van der Waals surface area contributed by atoms with E-state index in [9.17, 15) is 4.79 Å². The predicted octanol–water partition coefficient (Wildman–Crippen LogP) is 6.08. The number of hydrogen-bond donors (Lipinski definition) is 0. The molecule has 2 nitrogen and oxygen atoms in total. The highest BCUT2D eigenvalue weighted by atomic mass is 16.5. The third-order valence-corrected chi connectivity index (χ3v) is 4.47. The van der Waals surface area contributed by atoms with Crippen LogP contribution in [0.1, 0.15) is 60.8 Å². The van der Waals surface area contributed by atoms with Gasteiger partial charge in [-0.3, -0.25) is 4.79 Å². The van der Waals surface area contributed by atoms with Crippen molar-refractivity contribution in [3.8, 4) is 0 Å². The van der Waals surface area contributed by atoms with Crippen molar-refractivity contribution in [2.75, 3.05) is 6.61 Å². The maximum Gasteiger partial charge on any atom is 0.302 e. The van der Waals surface area contributed by atoms with Gasteiger partial charge >= 0.3 is 5.97 Å². The van der Waals surface area contributed by atoms with Gasteiger partial charge in [-0.25, -0.2) is 0 Å². The van der Waals surface area contributed by atoms with E-state index in [-0.39, 0.29) is 11.4 Å². The Morgan fingerprint density at radius 2 is 1.88 bits per heavy atom. The van der Waals surface area contributed by atoms with Gasteiger partial charge in [-0.2, -0.15) is 0 Å². The molecule has 1 rings (SSSR count). The van der Waals surface area contributed by atoms with Crippen molar-refractivity contribution in [3.63, 3.8) is 0 Å². The molecule has 0 spiro atoms. The second-order valence-electron chi connectivity index (χ2n) is 7.29. The third-order valence-electron chi connectivity index (χ3n) is 4.47. The van der Waals surface area contributed by atoms with Gasteiger partial charge in [0.1, 0.15) is 6.61 Å². The molecule has 132 valence electrons. The van der Waals surface area contributed by atoms with E-state index in [1.807, 2.05) is 25.2 Å². The molecule has 0 aromatic heterocycles. The van der Waals surface area contributed by atoms with Crippen molar-refractivity contribution in [2.24, 2.45) is 5.41 Å². The van der Waals surface area contributed by atoms with Crippen LogP contribution in [0.2, 0.25) is 0 Å². The van der Waals surface area contributed by atoms with Gasteiger partial charge in [-0.1, -0.05) is 60.9 Å². The molecule has 0 N–H and O–H groups in total. The molecule has 0 aromatic carbocycles. The van der Waals surface area contributed by atoms with E-state index < -0.39 is 0 Å². The number of rotatable bonds is 6. The van der Waals surface area contributed by atoms with Gasteiger partial charge in [0.25, 0.3) is 0 Å². The van der Waals surface area contributed by atoms with Gasteiger partial charge in [0.05, 0.1) is 0 Å². The molecule has 0 bridgehead atoms. The Labute approximate surface area is 147 Å². The Bertz CT molecular complexity index is 595. The summed E-state index contributed by atoms with van der Waals surface area (Å²) in [5, 5.41) is 0. The SMILES string of the molecule is CC(=O)OC/C=C(C)/C=C/C=C(C)\C=C\C1=C(C)CCCC1(C)C. The van der Waals surface area contributed by atoms with Crippen LogP contribution >= 0.6 is 0 Å². The Kier molecular flexibility index (Phi) is 7.97. The fourth-order valence-corrected chi connectivity index (χ4v) is 2.99. The quantitative estimate of drug-likeness (QED) is 0.436. The van der Waals surface area contributed by atoms with E-state index in [4.69, 9.17) is 4.74 Å². The van der Waals surface area contributed by atoms with Gasteiger partial charge in [-0.05, 0) is 57.1 Å². The van der Waals surface area contributed by atoms with Crippen LogP contribution in [0, 0.1) is 5.41 Å². The molecule has 2 heteroatoms. The molecule has 0 saturated heterocycles. The molecule has 1 aliphatic rings. The molecule has 0 unspecified atom stereocenters. The number of ether oxygens (including phenoxy) is 1. The molecule has 1 aliphatic carbocycles. The molecule has 0 amide bonds. The minimum atomic E-state index is -0.251. The van der Waals surface area contributed by atoms with E-state index in [0.29, 0.717) is 6.61 Å². The summed E-state index contributed by atoms with van der Waals surface area (Å²) in [6.45, 7) is 12.8.